The summed E-state index contributed by atoms with van der Waals surface area (Å²) in [7, 11) is -3.03. The van der Waals surface area contributed by atoms with Crippen molar-refractivity contribution in [1.82, 2.24) is 9.29 Å². The molecule has 1 fully saturated rings. The van der Waals surface area contributed by atoms with E-state index in [-0.39, 0.29) is 5.75 Å². The number of nitrogens with zero attached hydrogens (tertiary/aromatic N) is 2. The molecule has 0 bridgehead atoms. The lowest BCUT2D eigenvalue weighted by Crippen LogP contribution is -2.41. The van der Waals surface area contributed by atoms with E-state index in [4.69, 9.17) is 0 Å². The number of rotatable bonds is 4. The lowest BCUT2D eigenvalue weighted by molar-refractivity contribution is 0.264. The van der Waals surface area contributed by atoms with Crippen molar-refractivity contribution in [1.29, 1.82) is 0 Å². The topological polar surface area (TPSA) is 50.3 Å². The Labute approximate surface area is 109 Å². The molecule has 0 saturated carbocycles. The van der Waals surface area contributed by atoms with Crippen molar-refractivity contribution < 1.29 is 8.42 Å². The second-order valence-electron chi connectivity index (χ2n) is 4.79. The third-order valence-corrected chi connectivity index (χ3v) is 5.31. The molecule has 0 spiro atoms. The Bertz CT molecular complexity index is 473. The molecule has 0 aliphatic carbocycles. The monoisotopic (exact) mass is 268 g/mol. The Morgan fingerprint density at radius 3 is 2.94 bits per heavy atom. The number of hydrogen-bond donors (Lipinski definition) is 0. The zero-order chi connectivity index (χ0) is 13.0. The molecule has 1 aromatic heterocycles. The normalized spacial score (nSPS) is 21.9. The van der Waals surface area contributed by atoms with Gasteiger partial charge in [0.1, 0.15) is 0 Å². The summed E-state index contributed by atoms with van der Waals surface area (Å²) in [6.07, 6.45) is 4.71. The van der Waals surface area contributed by atoms with Crippen molar-refractivity contribution in [3.8, 4) is 0 Å². The minimum atomic E-state index is -3.03. The lowest BCUT2D eigenvalue weighted by Gasteiger charge is -2.31. The maximum Gasteiger partial charge on any atom is 0.213 e. The maximum atomic E-state index is 11.9. The smallest absolute Gasteiger partial charge is 0.213 e. The second kappa shape index (κ2) is 5.80. The van der Waals surface area contributed by atoms with E-state index in [2.05, 4.69) is 4.98 Å². The molecule has 0 aromatic carbocycles. The van der Waals surface area contributed by atoms with Crippen LogP contribution < -0.4 is 0 Å². The minimum absolute atomic E-state index is 0.198. The third-order valence-electron chi connectivity index (χ3n) is 3.46. The fourth-order valence-electron chi connectivity index (χ4n) is 2.44. The van der Waals surface area contributed by atoms with E-state index in [0.29, 0.717) is 19.0 Å². The number of hydrogen-bond acceptors (Lipinski definition) is 3. The average Bonchev–Trinajstić information content (AvgIpc) is 2.40. The predicted molar refractivity (Wildman–Crippen MR) is 71.7 cm³/mol. The van der Waals surface area contributed by atoms with Gasteiger partial charge in [0.05, 0.1) is 5.75 Å². The van der Waals surface area contributed by atoms with Crippen molar-refractivity contribution in [3.63, 3.8) is 0 Å². The molecule has 1 saturated heterocycles. The van der Waals surface area contributed by atoms with Gasteiger partial charge in [-0.15, -0.1) is 0 Å². The number of aromatic nitrogens is 1. The zero-order valence-electron chi connectivity index (χ0n) is 10.7. The summed E-state index contributed by atoms with van der Waals surface area (Å²) in [6.45, 7) is 3.03. The van der Waals surface area contributed by atoms with Crippen molar-refractivity contribution in [2.45, 2.75) is 26.2 Å². The number of sulfonamides is 1. The van der Waals surface area contributed by atoms with Crippen LogP contribution in [0.5, 0.6) is 0 Å². The molecular formula is C13H20N2O2S. The van der Waals surface area contributed by atoms with Gasteiger partial charge in [0.15, 0.2) is 0 Å². The van der Waals surface area contributed by atoms with Gasteiger partial charge in [-0.2, -0.15) is 0 Å². The number of pyridine rings is 1. The fourth-order valence-corrected chi connectivity index (χ4v) is 3.65. The molecule has 5 heteroatoms. The van der Waals surface area contributed by atoms with E-state index in [1.54, 1.807) is 17.4 Å². The minimum Gasteiger partial charge on any atom is -0.261 e. The first kappa shape index (κ1) is 13.5. The van der Waals surface area contributed by atoms with Gasteiger partial charge in [-0.1, -0.05) is 6.07 Å². The second-order valence-corrected chi connectivity index (χ2v) is 7.05. The SMILES string of the molecule is CCS(=O)(=O)N1CCC[C@H](Cc2ccccn2)C1. The van der Waals surface area contributed by atoms with Gasteiger partial charge in [-0.25, -0.2) is 12.7 Å². The Balaban J connectivity index is 1.99. The summed E-state index contributed by atoms with van der Waals surface area (Å²) < 4.78 is 25.4. The third kappa shape index (κ3) is 3.29. The van der Waals surface area contributed by atoms with Crippen LogP contribution in [0.25, 0.3) is 0 Å². The van der Waals surface area contributed by atoms with Gasteiger partial charge < -0.3 is 0 Å². The van der Waals surface area contributed by atoms with Crippen LogP contribution in [-0.4, -0.2) is 36.5 Å². The number of piperidine rings is 1. The van der Waals surface area contributed by atoms with E-state index in [0.717, 1.165) is 25.0 Å². The first-order valence-electron chi connectivity index (χ1n) is 6.49. The molecule has 0 radical (unpaired) electrons. The summed E-state index contributed by atoms with van der Waals surface area (Å²) >= 11 is 0. The van der Waals surface area contributed by atoms with Crippen molar-refractivity contribution >= 4 is 10.0 Å². The Kier molecular flexibility index (Phi) is 4.35. The van der Waals surface area contributed by atoms with Gasteiger partial charge >= 0.3 is 0 Å². The molecule has 1 aromatic rings. The van der Waals surface area contributed by atoms with Crippen LogP contribution >= 0.6 is 0 Å². The molecule has 2 rings (SSSR count). The highest BCUT2D eigenvalue weighted by atomic mass is 32.2. The summed E-state index contributed by atoms with van der Waals surface area (Å²) in [4.78, 5) is 4.31. The van der Waals surface area contributed by atoms with Gasteiger partial charge in [-0.3, -0.25) is 4.98 Å². The van der Waals surface area contributed by atoms with Crippen molar-refractivity contribution in [2.24, 2.45) is 5.92 Å². The van der Waals surface area contributed by atoms with Crippen LogP contribution in [-0.2, 0) is 16.4 Å². The van der Waals surface area contributed by atoms with Gasteiger partial charge in [0, 0.05) is 25.0 Å². The quantitative estimate of drug-likeness (QED) is 0.835. The predicted octanol–water partition coefficient (Wildman–Crippen LogP) is 1.69. The van der Waals surface area contributed by atoms with E-state index in [1.165, 1.54) is 0 Å². The summed E-state index contributed by atoms with van der Waals surface area (Å²) in [5.74, 6) is 0.596. The lowest BCUT2D eigenvalue weighted by atomic mass is 9.94. The van der Waals surface area contributed by atoms with Crippen molar-refractivity contribution in [2.75, 3.05) is 18.8 Å². The van der Waals surface area contributed by atoms with Gasteiger partial charge in [-0.05, 0) is 44.2 Å². The zero-order valence-corrected chi connectivity index (χ0v) is 11.6. The molecule has 18 heavy (non-hydrogen) atoms. The van der Waals surface area contributed by atoms with Crippen LogP contribution in [0, 0.1) is 5.92 Å². The molecule has 4 nitrogen and oxygen atoms in total. The highest BCUT2D eigenvalue weighted by molar-refractivity contribution is 7.89. The van der Waals surface area contributed by atoms with E-state index in [9.17, 15) is 8.42 Å². The Morgan fingerprint density at radius 2 is 2.28 bits per heavy atom. The first-order valence-corrected chi connectivity index (χ1v) is 8.10. The summed E-state index contributed by atoms with van der Waals surface area (Å²) in [5, 5.41) is 0. The standard InChI is InChI=1S/C13H20N2O2S/c1-2-18(16,17)15-9-5-6-12(11-15)10-13-7-3-4-8-14-13/h3-4,7-8,12H,2,5-6,9-11H2,1H3/t12-/m1/s1. The molecule has 0 N–H and O–H groups in total. The van der Waals surface area contributed by atoms with E-state index >= 15 is 0 Å². The summed E-state index contributed by atoms with van der Waals surface area (Å²) in [6, 6.07) is 5.89. The van der Waals surface area contributed by atoms with Crippen LogP contribution in [0.15, 0.2) is 24.4 Å². The van der Waals surface area contributed by atoms with E-state index < -0.39 is 10.0 Å². The summed E-state index contributed by atoms with van der Waals surface area (Å²) in [5.41, 5.74) is 1.05. The molecule has 1 aliphatic heterocycles. The van der Waals surface area contributed by atoms with Gasteiger partial charge in [0.25, 0.3) is 0 Å². The molecule has 1 aliphatic rings. The largest absolute Gasteiger partial charge is 0.261 e. The maximum absolute atomic E-state index is 11.9. The van der Waals surface area contributed by atoms with Crippen molar-refractivity contribution in [3.05, 3.63) is 30.1 Å². The first-order chi connectivity index (χ1) is 8.62. The van der Waals surface area contributed by atoms with Crippen LogP contribution in [0.4, 0.5) is 0 Å². The molecular weight excluding hydrogens is 248 g/mol. The molecule has 100 valence electrons. The van der Waals surface area contributed by atoms with Crippen LogP contribution in [0.3, 0.4) is 0 Å². The molecule has 0 amide bonds. The molecule has 0 unspecified atom stereocenters. The van der Waals surface area contributed by atoms with Gasteiger partial charge in [0.2, 0.25) is 10.0 Å². The highest BCUT2D eigenvalue weighted by Crippen LogP contribution is 2.22. The van der Waals surface area contributed by atoms with Crippen LogP contribution in [0.1, 0.15) is 25.5 Å². The molecule has 2 heterocycles. The Morgan fingerprint density at radius 1 is 1.44 bits per heavy atom. The van der Waals surface area contributed by atoms with Crippen LogP contribution in [0.2, 0.25) is 0 Å². The molecule has 1 atom stereocenters. The highest BCUT2D eigenvalue weighted by Gasteiger charge is 2.27. The Hall–Kier alpha value is -0.940. The average molecular weight is 268 g/mol. The fraction of sp³-hybridized carbons (Fsp3) is 0.615. The van der Waals surface area contributed by atoms with E-state index in [1.807, 2.05) is 18.2 Å².